The monoisotopic (exact) mass is 530 g/mol. The molecule has 0 aliphatic carbocycles. The smallest absolute Gasteiger partial charge is 0.0972 e. The third-order valence-electron chi connectivity index (χ3n) is 7.12. The number of azo groups is 1. The average molecular weight is 531 g/mol. The number of anilines is 2. The summed E-state index contributed by atoms with van der Waals surface area (Å²) in [4.78, 5) is 9.91. The van der Waals surface area contributed by atoms with Crippen molar-refractivity contribution >= 4 is 66.4 Å². The molecule has 4 N–H and O–H groups in total. The van der Waals surface area contributed by atoms with Crippen molar-refractivity contribution in [1.82, 2.24) is 9.97 Å². The second kappa shape index (κ2) is 10.8. The molecule has 6 aromatic rings. The molecule has 0 saturated carbocycles. The first-order valence-corrected chi connectivity index (χ1v) is 13.4. The Kier molecular flexibility index (Phi) is 6.94. The molecule has 40 heavy (non-hydrogen) atoms. The van der Waals surface area contributed by atoms with E-state index in [1.165, 1.54) is 0 Å². The SMILES string of the molecule is Cc1ccc(N=Nc2ccc(C)c3nc4ccccc4c(NCCO)c23)c2c(NCCO)c3ccccc3nc12. The van der Waals surface area contributed by atoms with Gasteiger partial charge in [0.05, 0.1) is 68.8 Å². The van der Waals surface area contributed by atoms with Gasteiger partial charge in [-0.3, -0.25) is 0 Å². The molecule has 0 bridgehead atoms. The van der Waals surface area contributed by atoms with E-state index in [1.807, 2.05) is 86.6 Å². The fourth-order valence-corrected chi connectivity index (χ4v) is 5.23. The van der Waals surface area contributed by atoms with Gasteiger partial charge in [-0.2, -0.15) is 0 Å². The minimum Gasteiger partial charge on any atom is -0.395 e. The lowest BCUT2D eigenvalue weighted by atomic mass is 10.0. The lowest BCUT2D eigenvalue weighted by Crippen LogP contribution is -2.07. The number of para-hydroxylation sites is 2. The number of aromatic nitrogens is 2. The molecule has 0 amide bonds. The van der Waals surface area contributed by atoms with Gasteiger partial charge < -0.3 is 20.8 Å². The standard InChI is InChI=1S/C32H30N6O2/c1-19-11-13-25(27-29(19)35-23-9-5-3-7-21(23)31(27)33-15-17-39)37-38-26-14-12-20(2)30-28(26)32(34-16-18-40)22-8-4-6-10-24(22)36-30/h3-14,39-40H,15-18H2,1-2H3,(H,33,35)(H,34,36). The summed E-state index contributed by atoms with van der Waals surface area (Å²) >= 11 is 0. The first-order chi connectivity index (χ1) is 19.6. The summed E-state index contributed by atoms with van der Waals surface area (Å²) < 4.78 is 0. The molecule has 8 nitrogen and oxygen atoms in total. The number of nitrogens with one attached hydrogen (secondary N) is 2. The molecule has 0 fully saturated rings. The van der Waals surface area contributed by atoms with Crippen molar-refractivity contribution < 1.29 is 10.2 Å². The van der Waals surface area contributed by atoms with Gasteiger partial charge in [-0.25, -0.2) is 9.97 Å². The number of aliphatic hydroxyl groups is 2. The van der Waals surface area contributed by atoms with Crippen LogP contribution in [0.4, 0.5) is 22.7 Å². The van der Waals surface area contributed by atoms with Gasteiger partial charge >= 0.3 is 0 Å². The molecule has 0 aliphatic heterocycles. The molecule has 0 radical (unpaired) electrons. The Morgan fingerprint density at radius 2 is 1.02 bits per heavy atom. The Morgan fingerprint density at radius 3 is 1.45 bits per heavy atom. The molecular weight excluding hydrogens is 500 g/mol. The first-order valence-electron chi connectivity index (χ1n) is 13.4. The van der Waals surface area contributed by atoms with E-state index < -0.39 is 0 Å². The summed E-state index contributed by atoms with van der Waals surface area (Å²) in [7, 11) is 0. The Balaban J connectivity index is 1.60. The number of hydrogen-bond acceptors (Lipinski definition) is 8. The molecule has 6 rings (SSSR count). The van der Waals surface area contributed by atoms with Crippen molar-refractivity contribution in [2.24, 2.45) is 10.2 Å². The fourth-order valence-electron chi connectivity index (χ4n) is 5.23. The zero-order chi connectivity index (χ0) is 27.6. The maximum Gasteiger partial charge on any atom is 0.0972 e. The van der Waals surface area contributed by atoms with E-state index in [0.717, 1.165) is 66.1 Å². The highest BCUT2D eigenvalue weighted by molar-refractivity contribution is 6.14. The molecule has 0 saturated heterocycles. The van der Waals surface area contributed by atoms with Crippen LogP contribution >= 0.6 is 0 Å². The number of benzene rings is 4. The van der Waals surface area contributed by atoms with Gasteiger partial charge in [-0.1, -0.05) is 48.5 Å². The van der Waals surface area contributed by atoms with E-state index in [9.17, 15) is 10.2 Å². The highest BCUT2D eigenvalue weighted by Gasteiger charge is 2.17. The van der Waals surface area contributed by atoms with Gasteiger partial charge in [0.2, 0.25) is 0 Å². The third-order valence-corrected chi connectivity index (χ3v) is 7.12. The number of fused-ring (bicyclic) bond motifs is 4. The average Bonchev–Trinajstić information content (AvgIpc) is 2.98. The maximum atomic E-state index is 9.59. The van der Waals surface area contributed by atoms with Crippen LogP contribution in [0.2, 0.25) is 0 Å². The van der Waals surface area contributed by atoms with Crippen LogP contribution in [0.25, 0.3) is 43.6 Å². The molecule has 200 valence electrons. The van der Waals surface area contributed by atoms with Crippen LogP contribution in [-0.2, 0) is 0 Å². The summed E-state index contributed by atoms with van der Waals surface area (Å²) in [6, 6.07) is 23.8. The van der Waals surface area contributed by atoms with E-state index in [1.54, 1.807) is 0 Å². The van der Waals surface area contributed by atoms with E-state index in [-0.39, 0.29) is 13.2 Å². The number of hydrogen-bond donors (Lipinski definition) is 4. The van der Waals surface area contributed by atoms with Crippen molar-refractivity contribution in [1.29, 1.82) is 0 Å². The van der Waals surface area contributed by atoms with Crippen molar-refractivity contribution in [3.8, 4) is 0 Å². The Morgan fingerprint density at radius 1 is 0.600 bits per heavy atom. The Hall–Kier alpha value is -4.66. The zero-order valence-corrected chi connectivity index (χ0v) is 22.4. The fraction of sp³-hybridized carbons (Fsp3) is 0.188. The molecule has 0 unspecified atom stereocenters. The summed E-state index contributed by atoms with van der Waals surface area (Å²) in [6.45, 7) is 4.86. The Bertz CT molecular complexity index is 1780. The summed E-state index contributed by atoms with van der Waals surface area (Å²) in [6.07, 6.45) is 0. The number of aryl methyl sites for hydroxylation is 2. The van der Waals surface area contributed by atoms with Crippen molar-refractivity contribution in [2.45, 2.75) is 13.8 Å². The van der Waals surface area contributed by atoms with Crippen LogP contribution in [0.1, 0.15) is 11.1 Å². The highest BCUT2D eigenvalue weighted by Crippen LogP contribution is 2.41. The first kappa shape index (κ1) is 25.6. The van der Waals surface area contributed by atoms with Crippen LogP contribution in [0.5, 0.6) is 0 Å². The second-order valence-electron chi connectivity index (χ2n) is 9.76. The topological polar surface area (TPSA) is 115 Å². The highest BCUT2D eigenvalue weighted by atomic mass is 16.3. The minimum atomic E-state index is 0.000733. The van der Waals surface area contributed by atoms with Crippen LogP contribution in [-0.4, -0.2) is 46.5 Å². The molecular formula is C32H30N6O2. The van der Waals surface area contributed by atoms with Crippen molar-refractivity contribution in [3.05, 3.63) is 83.9 Å². The molecule has 2 aromatic heterocycles. The molecule has 8 heteroatoms. The van der Waals surface area contributed by atoms with Gasteiger partial charge in [0, 0.05) is 23.9 Å². The van der Waals surface area contributed by atoms with Crippen LogP contribution in [0.3, 0.4) is 0 Å². The number of aliphatic hydroxyl groups excluding tert-OH is 2. The van der Waals surface area contributed by atoms with Gasteiger partial charge in [-0.15, -0.1) is 10.2 Å². The van der Waals surface area contributed by atoms with Crippen molar-refractivity contribution in [3.63, 3.8) is 0 Å². The van der Waals surface area contributed by atoms with E-state index in [2.05, 4.69) is 10.6 Å². The second-order valence-corrected chi connectivity index (χ2v) is 9.76. The molecule has 2 heterocycles. The van der Waals surface area contributed by atoms with Crippen LogP contribution in [0, 0.1) is 13.8 Å². The van der Waals surface area contributed by atoms with Crippen LogP contribution < -0.4 is 10.6 Å². The predicted octanol–water partition coefficient (Wildman–Crippen LogP) is 6.93. The molecule has 0 spiro atoms. The minimum absolute atomic E-state index is 0.000733. The molecule has 0 atom stereocenters. The predicted molar refractivity (Wildman–Crippen MR) is 163 cm³/mol. The largest absolute Gasteiger partial charge is 0.395 e. The number of nitrogens with zero attached hydrogens (tertiary/aromatic N) is 4. The van der Waals surface area contributed by atoms with Gasteiger partial charge in [-0.05, 0) is 49.2 Å². The maximum absolute atomic E-state index is 9.59. The number of rotatable bonds is 8. The van der Waals surface area contributed by atoms with E-state index >= 15 is 0 Å². The van der Waals surface area contributed by atoms with Crippen molar-refractivity contribution in [2.75, 3.05) is 36.9 Å². The third kappa shape index (κ3) is 4.47. The summed E-state index contributed by atoms with van der Waals surface area (Å²) in [5.41, 5.74) is 8.56. The summed E-state index contributed by atoms with van der Waals surface area (Å²) in [5.74, 6) is 0. The van der Waals surface area contributed by atoms with E-state index in [0.29, 0.717) is 24.5 Å². The zero-order valence-electron chi connectivity index (χ0n) is 22.4. The lowest BCUT2D eigenvalue weighted by Gasteiger charge is -2.16. The van der Waals surface area contributed by atoms with Crippen LogP contribution in [0.15, 0.2) is 83.0 Å². The molecule has 4 aromatic carbocycles. The lowest BCUT2D eigenvalue weighted by molar-refractivity contribution is 0.311. The van der Waals surface area contributed by atoms with Gasteiger partial charge in [0.15, 0.2) is 0 Å². The molecule has 0 aliphatic rings. The summed E-state index contributed by atoms with van der Waals surface area (Å²) in [5, 5.41) is 39.2. The normalized spacial score (nSPS) is 11.8. The Labute approximate surface area is 231 Å². The quantitative estimate of drug-likeness (QED) is 0.125. The van der Waals surface area contributed by atoms with Gasteiger partial charge in [0.25, 0.3) is 0 Å². The van der Waals surface area contributed by atoms with Gasteiger partial charge in [0.1, 0.15) is 0 Å². The van der Waals surface area contributed by atoms with E-state index in [4.69, 9.17) is 20.2 Å². The number of pyridine rings is 2.